The van der Waals surface area contributed by atoms with Gasteiger partial charge in [0.25, 0.3) is 5.91 Å². The predicted octanol–water partition coefficient (Wildman–Crippen LogP) is 1.73. The molecule has 0 unspecified atom stereocenters. The largest absolute Gasteiger partial charge is 0.478 e. The summed E-state index contributed by atoms with van der Waals surface area (Å²) in [7, 11) is 1.45. The molecule has 0 aliphatic rings. The second-order valence-electron chi connectivity index (χ2n) is 5.66. The zero-order valence-corrected chi connectivity index (χ0v) is 15.1. The summed E-state index contributed by atoms with van der Waals surface area (Å²) in [6.45, 7) is 1.81. The molecule has 0 saturated heterocycles. The van der Waals surface area contributed by atoms with E-state index in [1.807, 2.05) is 6.07 Å². The second kappa shape index (κ2) is 7.74. The van der Waals surface area contributed by atoms with Crippen LogP contribution in [-0.2, 0) is 11.8 Å². The molecule has 0 fully saturated rings. The fourth-order valence-corrected chi connectivity index (χ4v) is 2.62. The van der Waals surface area contributed by atoms with Crippen LogP contribution in [0.1, 0.15) is 38.1 Å². The number of amides is 1. The van der Waals surface area contributed by atoms with Gasteiger partial charge in [-0.05, 0) is 19.1 Å². The smallest absolute Gasteiger partial charge is 0.343 e. The molecule has 28 heavy (non-hydrogen) atoms. The number of nitrogens with one attached hydrogen (secondary N) is 1. The molecule has 2 N–H and O–H groups in total. The van der Waals surface area contributed by atoms with Crippen LogP contribution in [0, 0.1) is 0 Å². The molecule has 0 saturated carbocycles. The first-order valence-electron chi connectivity index (χ1n) is 8.31. The number of carbonyl (C=O) groups is 3. The summed E-state index contributed by atoms with van der Waals surface area (Å²) in [5.74, 6) is -2.64. The van der Waals surface area contributed by atoms with Crippen LogP contribution in [-0.4, -0.2) is 49.1 Å². The van der Waals surface area contributed by atoms with Crippen molar-refractivity contribution in [3.05, 3.63) is 59.5 Å². The van der Waals surface area contributed by atoms with Crippen LogP contribution in [0.25, 0.3) is 5.69 Å². The minimum Gasteiger partial charge on any atom is -0.478 e. The molecule has 0 atom stereocenters. The molecule has 0 radical (unpaired) electrons. The lowest BCUT2D eigenvalue weighted by atomic mass is 10.2. The predicted molar refractivity (Wildman–Crippen MR) is 97.6 cm³/mol. The summed E-state index contributed by atoms with van der Waals surface area (Å²) in [6.07, 6.45) is 2.36. The number of esters is 1. The first-order valence-corrected chi connectivity index (χ1v) is 8.31. The van der Waals surface area contributed by atoms with E-state index in [4.69, 9.17) is 4.74 Å². The molecule has 2 heterocycles. The Balaban J connectivity index is 2.06. The number of benzene rings is 1. The van der Waals surface area contributed by atoms with E-state index in [0.29, 0.717) is 5.69 Å². The number of nitrogens with zero attached hydrogens (tertiary/aromatic N) is 4. The Morgan fingerprint density at radius 1 is 1.11 bits per heavy atom. The molecule has 3 aromatic rings. The summed E-state index contributed by atoms with van der Waals surface area (Å²) < 4.78 is 7.53. The first kappa shape index (κ1) is 18.8. The molecule has 0 aliphatic heterocycles. The third kappa shape index (κ3) is 3.47. The second-order valence-corrected chi connectivity index (χ2v) is 5.66. The van der Waals surface area contributed by atoms with E-state index in [0.717, 1.165) is 10.9 Å². The highest BCUT2D eigenvalue weighted by molar-refractivity contribution is 6.11. The van der Waals surface area contributed by atoms with Crippen LogP contribution in [0.15, 0.2) is 42.7 Å². The normalized spacial score (nSPS) is 10.5. The highest BCUT2D eigenvalue weighted by Crippen LogP contribution is 2.22. The van der Waals surface area contributed by atoms with Crippen LogP contribution < -0.4 is 5.32 Å². The molecule has 1 amide bonds. The van der Waals surface area contributed by atoms with Crippen molar-refractivity contribution in [1.82, 2.24) is 19.6 Å². The lowest BCUT2D eigenvalue weighted by Gasteiger charge is -2.11. The van der Waals surface area contributed by atoms with E-state index in [-0.39, 0.29) is 29.2 Å². The van der Waals surface area contributed by atoms with Crippen LogP contribution in [0.5, 0.6) is 0 Å². The van der Waals surface area contributed by atoms with Gasteiger partial charge in [-0.15, -0.1) is 0 Å². The quantitative estimate of drug-likeness (QED) is 0.620. The lowest BCUT2D eigenvalue weighted by Crippen LogP contribution is -2.22. The molecule has 0 aliphatic carbocycles. The van der Waals surface area contributed by atoms with Crippen molar-refractivity contribution in [2.24, 2.45) is 7.05 Å². The number of hydrogen-bond acceptors (Lipinski definition) is 6. The number of aromatic carboxylic acids is 1. The van der Waals surface area contributed by atoms with Crippen molar-refractivity contribution >= 4 is 23.7 Å². The van der Waals surface area contributed by atoms with E-state index < -0.39 is 17.8 Å². The van der Waals surface area contributed by atoms with Gasteiger partial charge in [-0.1, -0.05) is 18.2 Å². The van der Waals surface area contributed by atoms with Gasteiger partial charge in [0.2, 0.25) is 0 Å². The van der Waals surface area contributed by atoms with Crippen molar-refractivity contribution in [3.63, 3.8) is 0 Å². The van der Waals surface area contributed by atoms with Crippen LogP contribution >= 0.6 is 0 Å². The Kier molecular flexibility index (Phi) is 5.21. The maximum absolute atomic E-state index is 12.8. The number of hydrogen-bond donors (Lipinski definition) is 2. The first-order chi connectivity index (χ1) is 13.4. The van der Waals surface area contributed by atoms with E-state index in [1.165, 1.54) is 17.9 Å². The van der Waals surface area contributed by atoms with Gasteiger partial charge in [-0.3, -0.25) is 9.48 Å². The number of aryl methyl sites for hydroxylation is 1. The van der Waals surface area contributed by atoms with E-state index in [2.05, 4.69) is 15.5 Å². The minimum atomic E-state index is -1.29. The molecule has 0 spiro atoms. The number of anilines is 1. The maximum Gasteiger partial charge on any atom is 0.343 e. The number of carboxylic acids is 1. The zero-order valence-electron chi connectivity index (χ0n) is 15.1. The fraction of sp³-hybridized carbons (Fsp3) is 0.167. The summed E-state index contributed by atoms with van der Waals surface area (Å²) in [4.78, 5) is 36.5. The summed E-state index contributed by atoms with van der Waals surface area (Å²) in [6, 6.07) is 8.84. The fourth-order valence-electron chi connectivity index (χ4n) is 2.62. The van der Waals surface area contributed by atoms with Gasteiger partial charge in [0.15, 0.2) is 5.82 Å². The Morgan fingerprint density at radius 2 is 1.79 bits per heavy atom. The molecular formula is C18H17N5O5. The Hall–Kier alpha value is -3.95. The van der Waals surface area contributed by atoms with Gasteiger partial charge in [0.1, 0.15) is 16.8 Å². The van der Waals surface area contributed by atoms with Crippen LogP contribution in [0.3, 0.4) is 0 Å². The molecule has 10 nitrogen and oxygen atoms in total. The number of rotatable bonds is 6. The van der Waals surface area contributed by atoms with Gasteiger partial charge in [-0.2, -0.15) is 10.2 Å². The molecular weight excluding hydrogens is 366 g/mol. The average Bonchev–Trinajstić information content (AvgIpc) is 3.26. The van der Waals surface area contributed by atoms with Gasteiger partial charge in [-0.25, -0.2) is 14.3 Å². The number of ether oxygens (including phenoxy) is 1. The topological polar surface area (TPSA) is 128 Å². The molecule has 1 aromatic carbocycles. The minimum absolute atomic E-state index is 0.0399. The molecule has 2 aromatic heterocycles. The number of para-hydroxylation sites is 1. The van der Waals surface area contributed by atoms with Crippen molar-refractivity contribution in [2.45, 2.75) is 6.92 Å². The molecule has 0 bridgehead atoms. The Morgan fingerprint density at radius 3 is 2.43 bits per heavy atom. The van der Waals surface area contributed by atoms with Crippen LogP contribution in [0.4, 0.5) is 5.82 Å². The summed E-state index contributed by atoms with van der Waals surface area (Å²) in [5, 5.41) is 19.8. The summed E-state index contributed by atoms with van der Waals surface area (Å²) >= 11 is 0. The van der Waals surface area contributed by atoms with Crippen molar-refractivity contribution in [2.75, 3.05) is 11.9 Å². The van der Waals surface area contributed by atoms with E-state index in [1.54, 1.807) is 31.2 Å². The zero-order chi connectivity index (χ0) is 20.3. The Bertz CT molecular complexity index is 1040. The third-order valence-corrected chi connectivity index (χ3v) is 3.88. The third-order valence-electron chi connectivity index (χ3n) is 3.88. The van der Waals surface area contributed by atoms with Gasteiger partial charge >= 0.3 is 11.9 Å². The maximum atomic E-state index is 12.8. The standard InChI is InChI=1S/C18H17N5O5/c1-3-28-18(27)13-10-20-23(11-7-5-4-6-8-11)15(13)21-16(24)14-12(17(25)26)9-19-22(14)2/h4-10H,3H2,1-2H3,(H,21,24)(H,25,26). The van der Waals surface area contributed by atoms with Crippen molar-refractivity contribution in [3.8, 4) is 5.69 Å². The molecule has 10 heteroatoms. The van der Waals surface area contributed by atoms with Crippen LogP contribution in [0.2, 0.25) is 0 Å². The highest BCUT2D eigenvalue weighted by atomic mass is 16.5. The van der Waals surface area contributed by atoms with Gasteiger partial charge in [0.05, 0.1) is 24.7 Å². The van der Waals surface area contributed by atoms with Gasteiger partial charge in [0, 0.05) is 7.05 Å². The van der Waals surface area contributed by atoms with Crippen molar-refractivity contribution in [1.29, 1.82) is 0 Å². The highest BCUT2D eigenvalue weighted by Gasteiger charge is 2.26. The van der Waals surface area contributed by atoms with Crippen molar-refractivity contribution < 1.29 is 24.2 Å². The monoisotopic (exact) mass is 383 g/mol. The molecule has 144 valence electrons. The van der Waals surface area contributed by atoms with Gasteiger partial charge < -0.3 is 15.2 Å². The lowest BCUT2D eigenvalue weighted by molar-refractivity contribution is 0.0527. The average molecular weight is 383 g/mol. The Labute approximate surface area is 159 Å². The number of carbonyl (C=O) groups excluding carboxylic acids is 2. The van der Waals surface area contributed by atoms with E-state index in [9.17, 15) is 19.5 Å². The number of carboxylic acid groups (broad SMARTS) is 1. The SMILES string of the molecule is CCOC(=O)c1cnn(-c2ccccc2)c1NC(=O)c1c(C(=O)O)cnn1C. The summed E-state index contributed by atoms with van der Waals surface area (Å²) in [5.41, 5.74) is 0.210. The molecule has 3 rings (SSSR count). The van der Waals surface area contributed by atoms with E-state index >= 15 is 0 Å². The number of aromatic nitrogens is 4.